The molecule has 0 saturated carbocycles. The molecule has 2 aromatic rings. The van der Waals surface area contributed by atoms with E-state index in [1.54, 1.807) is 26.4 Å². The van der Waals surface area contributed by atoms with E-state index < -0.39 is 36.3 Å². The Morgan fingerprint density at radius 2 is 1.00 bits per heavy atom. The first-order chi connectivity index (χ1) is 23.2. The van der Waals surface area contributed by atoms with Crippen molar-refractivity contribution in [2.45, 2.75) is 50.1 Å². The van der Waals surface area contributed by atoms with Crippen LogP contribution in [0.15, 0.2) is 46.6 Å². The number of hydrogen-bond acceptors (Lipinski definition) is 12. The van der Waals surface area contributed by atoms with Crippen LogP contribution >= 0.6 is 0 Å². The molecule has 0 saturated heterocycles. The van der Waals surface area contributed by atoms with Gasteiger partial charge in [-0.2, -0.15) is 0 Å². The van der Waals surface area contributed by atoms with Gasteiger partial charge in [0, 0.05) is 49.3 Å². The van der Waals surface area contributed by atoms with Gasteiger partial charge in [-0.05, 0) is 48.3 Å². The van der Waals surface area contributed by atoms with Crippen molar-refractivity contribution in [3.63, 3.8) is 0 Å². The van der Waals surface area contributed by atoms with Gasteiger partial charge in [0.15, 0.2) is 11.6 Å². The summed E-state index contributed by atoms with van der Waals surface area (Å²) in [6, 6.07) is 7.11. The molecule has 12 heteroatoms. The van der Waals surface area contributed by atoms with Crippen LogP contribution in [0.3, 0.4) is 0 Å². The average molecular weight is 667 g/mol. The smallest absolute Gasteiger partial charge is 0.195 e. The molecule has 6 rings (SSSR count). The minimum Gasteiger partial charge on any atom is -0.497 e. The molecule has 0 radical (unpaired) electrons. The Morgan fingerprint density at radius 1 is 0.604 bits per heavy atom. The third-order valence-corrected chi connectivity index (χ3v) is 9.67. The molecule has 2 aliphatic heterocycles. The minimum absolute atomic E-state index is 0.0376. The summed E-state index contributed by atoms with van der Waals surface area (Å²) in [5.41, 5.74) is 4.44. The topological polar surface area (TPSA) is 126 Å². The molecule has 2 unspecified atom stereocenters. The maximum Gasteiger partial charge on any atom is 0.195 e. The van der Waals surface area contributed by atoms with E-state index in [4.69, 9.17) is 47.4 Å². The molecule has 0 amide bonds. The van der Waals surface area contributed by atoms with Crippen molar-refractivity contribution < 1.29 is 57.0 Å². The highest BCUT2D eigenvalue weighted by Gasteiger charge is 2.53. The lowest BCUT2D eigenvalue weighted by molar-refractivity contribution is -0.119. The fourth-order valence-electron chi connectivity index (χ4n) is 7.59. The molecule has 2 aromatic carbocycles. The summed E-state index contributed by atoms with van der Waals surface area (Å²) in [6.45, 7) is 3.85. The molecule has 6 atom stereocenters. The monoisotopic (exact) mass is 666 g/mol. The van der Waals surface area contributed by atoms with Crippen LogP contribution in [0.2, 0.25) is 0 Å². The lowest BCUT2D eigenvalue weighted by Gasteiger charge is -2.48. The third kappa shape index (κ3) is 5.50. The largest absolute Gasteiger partial charge is 0.497 e. The predicted octanol–water partition coefficient (Wildman–Crippen LogP) is 4.39. The van der Waals surface area contributed by atoms with Gasteiger partial charge in [0.1, 0.15) is 48.8 Å². The van der Waals surface area contributed by atoms with Crippen molar-refractivity contribution in [2.75, 3.05) is 69.5 Å². The van der Waals surface area contributed by atoms with Crippen molar-refractivity contribution in [3.8, 4) is 23.0 Å². The number of methoxy groups -OCH3 is 6. The third-order valence-electron chi connectivity index (χ3n) is 9.67. The van der Waals surface area contributed by atoms with E-state index in [1.807, 2.05) is 26.0 Å². The number of ketones is 2. The van der Waals surface area contributed by atoms with Crippen LogP contribution in [0.1, 0.15) is 57.5 Å². The SMILES string of the molecule is COCO[C@@H]1C2=C(CO[C@H]1C)C(=O)c1c(OC)cc(OC)cc1C2C1C2=C(CO[C@@H](C)[C@@H]2OCOC)C(=O)c2c(OC)cc(OC)cc21. The van der Waals surface area contributed by atoms with Crippen molar-refractivity contribution in [1.29, 1.82) is 0 Å². The van der Waals surface area contributed by atoms with Gasteiger partial charge in [0.05, 0.1) is 65.0 Å². The van der Waals surface area contributed by atoms with Crippen LogP contribution < -0.4 is 18.9 Å². The summed E-state index contributed by atoms with van der Waals surface area (Å²) in [7, 11) is 9.24. The zero-order valence-corrected chi connectivity index (χ0v) is 28.5. The van der Waals surface area contributed by atoms with Gasteiger partial charge in [-0.3, -0.25) is 9.59 Å². The second-order valence-electron chi connectivity index (χ2n) is 12.1. The fourth-order valence-corrected chi connectivity index (χ4v) is 7.59. The lowest BCUT2D eigenvalue weighted by atomic mass is 9.60. The number of benzene rings is 2. The van der Waals surface area contributed by atoms with Crippen molar-refractivity contribution in [1.82, 2.24) is 0 Å². The van der Waals surface area contributed by atoms with Crippen molar-refractivity contribution >= 4 is 11.6 Å². The Kier molecular flexibility index (Phi) is 9.93. The maximum absolute atomic E-state index is 14.5. The quantitative estimate of drug-likeness (QED) is 0.316. The normalized spacial score (nSPS) is 26.4. The average Bonchev–Trinajstić information content (AvgIpc) is 3.10. The number of ether oxygens (including phenoxy) is 10. The fraction of sp³-hybridized carbons (Fsp3) is 0.500. The van der Waals surface area contributed by atoms with E-state index in [-0.39, 0.29) is 38.4 Å². The minimum atomic E-state index is -0.679. The van der Waals surface area contributed by atoms with Crippen LogP contribution in [-0.2, 0) is 28.4 Å². The van der Waals surface area contributed by atoms with Gasteiger partial charge in [-0.15, -0.1) is 0 Å². The Bertz CT molecular complexity index is 1540. The van der Waals surface area contributed by atoms with Gasteiger partial charge in [0.2, 0.25) is 0 Å². The molecule has 0 fully saturated rings. The van der Waals surface area contributed by atoms with E-state index in [2.05, 4.69) is 0 Å². The molecule has 2 aliphatic carbocycles. The number of fused-ring (bicyclic) bond motifs is 2. The van der Waals surface area contributed by atoms with E-state index in [0.29, 0.717) is 56.4 Å². The molecule has 2 heterocycles. The second kappa shape index (κ2) is 14.0. The van der Waals surface area contributed by atoms with Crippen molar-refractivity contribution in [2.24, 2.45) is 0 Å². The summed E-state index contributed by atoms with van der Waals surface area (Å²) < 4.78 is 58.8. The first kappa shape index (κ1) is 34.1. The Balaban J connectivity index is 1.75. The van der Waals surface area contributed by atoms with Gasteiger partial charge in [0.25, 0.3) is 0 Å². The highest BCUT2D eigenvalue weighted by Crippen LogP contribution is 2.58. The summed E-state index contributed by atoms with van der Waals surface area (Å²) in [6.07, 6.45) is -2.23. The molecule has 12 nitrogen and oxygen atoms in total. The van der Waals surface area contributed by atoms with E-state index in [0.717, 1.165) is 11.1 Å². The van der Waals surface area contributed by atoms with Crippen LogP contribution in [-0.4, -0.2) is 105 Å². The number of Topliss-reactive ketones (excluding diaryl/α,β-unsaturated/α-hetero) is 2. The highest BCUT2D eigenvalue weighted by atomic mass is 16.7. The lowest BCUT2D eigenvalue weighted by Crippen LogP contribution is -2.47. The maximum atomic E-state index is 14.5. The van der Waals surface area contributed by atoms with E-state index >= 15 is 0 Å². The number of carbonyl (C=O) groups is 2. The zero-order valence-electron chi connectivity index (χ0n) is 28.5. The zero-order chi connectivity index (χ0) is 34.3. The molecule has 0 bridgehead atoms. The Morgan fingerprint density at radius 3 is 1.33 bits per heavy atom. The van der Waals surface area contributed by atoms with E-state index in [9.17, 15) is 9.59 Å². The summed E-state index contributed by atoms with van der Waals surface area (Å²) in [5, 5.41) is 0. The van der Waals surface area contributed by atoms with Crippen LogP contribution in [0.4, 0.5) is 0 Å². The first-order valence-electron chi connectivity index (χ1n) is 15.8. The molecule has 0 spiro atoms. The predicted molar refractivity (Wildman–Crippen MR) is 172 cm³/mol. The molecule has 258 valence electrons. The van der Waals surface area contributed by atoms with Gasteiger partial charge < -0.3 is 47.4 Å². The molecular formula is C36H42O12. The number of hydrogen-bond donors (Lipinski definition) is 0. The van der Waals surface area contributed by atoms with E-state index in [1.165, 1.54) is 28.4 Å². The molecule has 4 aliphatic rings. The number of rotatable bonds is 11. The molecular weight excluding hydrogens is 624 g/mol. The summed E-state index contributed by atoms with van der Waals surface area (Å²) >= 11 is 0. The number of carbonyl (C=O) groups excluding carboxylic acids is 2. The Labute approximate surface area is 279 Å². The van der Waals surface area contributed by atoms with Crippen LogP contribution in [0.5, 0.6) is 23.0 Å². The Hall–Kier alpha value is -3.78. The van der Waals surface area contributed by atoms with Crippen LogP contribution in [0.25, 0.3) is 0 Å². The second-order valence-corrected chi connectivity index (χ2v) is 12.1. The van der Waals surface area contributed by atoms with Gasteiger partial charge in [-0.1, -0.05) is 0 Å². The first-order valence-corrected chi connectivity index (χ1v) is 15.8. The molecule has 48 heavy (non-hydrogen) atoms. The highest BCUT2D eigenvalue weighted by molar-refractivity contribution is 6.16. The van der Waals surface area contributed by atoms with Gasteiger partial charge in [-0.25, -0.2) is 0 Å². The standard InChI is InChI=1S/C36H42O12/c1-17-35(47-15-39-3)31-23(13-45-17)33(37)27-21(9-19(41-5)11-25(27)43-7)29(31)30-22-10-20(42-6)12-26(44-8)28(22)34(38)24-14-46-18(2)36(32(24)30)48-16-40-4/h9-12,17-18,29-30,35-36H,13-16H2,1-8H3/t17-,18-,29?,30?,35-,36-/m0/s1. The van der Waals surface area contributed by atoms with Crippen molar-refractivity contribution in [3.05, 3.63) is 68.8 Å². The molecule has 0 N–H and O–H groups in total. The summed E-state index contributed by atoms with van der Waals surface area (Å²) in [5.74, 6) is 0.0522. The molecule has 0 aromatic heterocycles. The van der Waals surface area contributed by atoms with Crippen LogP contribution in [0, 0.1) is 0 Å². The summed E-state index contributed by atoms with van der Waals surface area (Å²) in [4.78, 5) is 29.0. The van der Waals surface area contributed by atoms with Gasteiger partial charge >= 0.3 is 0 Å².